The molecule has 0 radical (unpaired) electrons. The number of hydrogen-bond acceptors (Lipinski definition) is 4. The van der Waals surface area contributed by atoms with Crippen LogP contribution in [0.25, 0.3) is 39.6 Å². The molecule has 2 heterocycles. The third-order valence-electron chi connectivity index (χ3n) is 5.45. The van der Waals surface area contributed by atoms with Crippen molar-refractivity contribution in [3.63, 3.8) is 0 Å². The molecule has 0 bridgehead atoms. The summed E-state index contributed by atoms with van der Waals surface area (Å²) in [6.07, 6.45) is 5.73. The molecule has 0 fully saturated rings. The summed E-state index contributed by atoms with van der Waals surface area (Å²) in [5, 5.41) is 1.58. The lowest BCUT2D eigenvalue weighted by molar-refractivity contribution is 0.414. The molecule has 3 aromatic carbocycles. The number of fused-ring (bicyclic) bond motifs is 2. The average Bonchev–Trinajstić information content (AvgIpc) is 3.25. The van der Waals surface area contributed by atoms with Crippen LogP contribution in [-0.2, 0) is 0 Å². The monoisotopic (exact) mass is 423 g/mol. The maximum atomic E-state index is 13.4. The van der Waals surface area contributed by atoms with Crippen molar-refractivity contribution < 1.29 is 9.47 Å². The maximum absolute atomic E-state index is 13.4. The molecular formula is C26H21N3O3. The average molecular weight is 423 g/mol. The van der Waals surface area contributed by atoms with Crippen molar-refractivity contribution in [3.05, 3.63) is 94.7 Å². The van der Waals surface area contributed by atoms with Crippen molar-refractivity contribution in [2.45, 2.75) is 0 Å². The van der Waals surface area contributed by atoms with Gasteiger partial charge in [-0.1, -0.05) is 18.2 Å². The molecule has 0 saturated heterocycles. The van der Waals surface area contributed by atoms with Gasteiger partial charge in [0.15, 0.2) is 0 Å². The van der Waals surface area contributed by atoms with E-state index in [1.54, 1.807) is 24.9 Å². The molecule has 6 nitrogen and oxygen atoms in total. The lowest BCUT2D eigenvalue weighted by Crippen LogP contribution is -2.22. The topological polar surface area (TPSA) is 69.1 Å². The van der Waals surface area contributed by atoms with E-state index in [1.807, 2.05) is 79.0 Å². The zero-order valence-corrected chi connectivity index (χ0v) is 17.7. The van der Waals surface area contributed by atoms with Gasteiger partial charge < -0.3 is 14.5 Å². The molecular weight excluding hydrogens is 402 g/mol. The molecule has 32 heavy (non-hydrogen) atoms. The number of aromatic nitrogens is 3. The first-order valence-electron chi connectivity index (χ1n) is 10.2. The Hall–Kier alpha value is -4.32. The second-order valence-corrected chi connectivity index (χ2v) is 7.32. The van der Waals surface area contributed by atoms with E-state index in [2.05, 4.69) is 4.98 Å². The van der Waals surface area contributed by atoms with Crippen molar-refractivity contribution in [2.75, 3.05) is 14.2 Å². The molecule has 0 atom stereocenters. The van der Waals surface area contributed by atoms with Gasteiger partial charge in [0.25, 0.3) is 5.56 Å². The summed E-state index contributed by atoms with van der Waals surface area (Å²) in [4.78, 5) is 21.5. The van der Waals surface area contributed by atoms with Gasteiger partial charge >= 0.3 is 0 Å². The highest BCUT2D eigenvalue weighted by atomic mass is 16.5. The van der Waals surface area contributed by atoms with E-state index in [0.717, 1.165) is 22.2 Å². The van der Waals surface area contributed by atoms with Gasteiger partial charge in [-0.05, 0) is 54.6 Å². The standard InChI is InChI=1S/C26H21N3O3/c1-31-19-7-5-6-18(14-19)29-25(28-24-9-4-3-8-21(24)26(29)30)13-10-17-16-27-23-12-11-20(32-2)15-22(17)23/h3-16,27H,1-2H3. The third kappa shape index (κ3) is 3.41. The van der Waals surface area contributed by atoms with Gasteiger partial charge in [0.1, 0.15) is 17.3 Å². The molecule has 1 N–H and O–H groups in total. The third-order valence-corrected chi connectivity index (χ3v) is 5.45. The summed E-state index contributed by atoms with van der Waals surface area (Å²) >= 11 is 0. The number of nitrogens with one attached hydrogen (secondary N) is 1. The first kappa shape index (κ1) is 19.6. The van der Waals surface area contributed by atoms with Crippen LogP contribution in [0.2, 0.25) is 0 Å². The van der Waals surface area contributed by atoms with E-state index in [-0.39, 0.29) is 5.56 Å². The molecule has 0 saturated carbocycles. The van der Waals surface area contributed by atoms with Gasteiger partial charge in [-0.3, -0.25) is 9.36 Å². The predicted octanol–water partition coefficient (Wildman–Crippen LogP) is 5.05. The zero-order valence-electron chi connectivity index (χ0n) is 17.7. The van der Waals surface area contributed by atoms with Gasteiger partial charge in [-0.15, -0.1) is 0 Å². The van der Waals surface area contributed by atoms with Crippen LogP contribution in [0.4, 0.5) is 0 Å². The van der Waals surface area contributed by atoms with Gasteiger partial charge in [0.2, 0.25) is 0 Å². The van der Waals surface area contributed by atoms with E-state index in [0.29, 0.717) is 28.2 Å². The molecule has 0 aliphatic heterocycles. The first-order valence-corrected chi connectivity index (χ1v) is 10.2. The fourth-order valence-corrected chi connectivity index (χ4v) is 3.81. The van der Waals surface area contributed by atoms with Crippen molar-refractivity contribution in [1.29, 1.82) is 0 Å². The van der Waals surface area contributed by atoms with Gasteiger partial charge in [0.05, 0.1) is 30.8 Å². The highest BCUT2D eigenvalue weighted by molar-refractivity contribution is 5.92. The Morgan fingerprint density at radius 2 is 1.69 bits per heavy atom. The number of hydrogen-bond donors (Lipinski definition) is 1. The number of H-pyrrole nitrogens is 1. The van der Waals surface area contributed by atoms with Crippen LogP contribution >= 0.6 is 0 Å². The Balaban J connectivity index is 1.70. The van der Waals surface area contributed by atoms with E-state index >= 15 is 0 Å². The summed E-state index contributed by atoms with van der Waals surface area (Å²) < 4.78 is 12.3. The van der Waals surface area contributed by atoms with E-state index < -0.39 is 0 Å². The van der Waals surface area contributed by atoms with E-state index in [1.165, 1.54) is 0 Å². The normalized spacial score (nSPS) is 11.4. The smallest absolute Gasteiger partial charge is 0.266 e. The van der Waals surface area contributed by atoms with Crippen LogP contribution in [0, 0.1) is 0 Å². The highest BCUT2D eigenvalue weighted by Crippen LogP contribution is 2.25. The molecule has 6 heteroatoms. The summed E-state index contributed by atoms with van der Waals surface area (Å²) in [6, 6.07) is 20.6. The van der Waals surface area contributed by atoms with Crippen molar-refractivity contribution >= 4 is 34.0 Å². The van der Waals surface area contributed by atoms with E-state index in [4.69, 9.17) is 14.5 Å². The predicted molar refractivity (Wildman–Crippen MR) is 128 cm³/mol. The van der Waals surface area contributed by atoms with Crippen LogP contribution < -0.4 is 15.0 Å². The summed E-state index contributed by atoms with van der Waals surface area (Å²) in [5.41, 5.74) is 3.18. The van der Waals surface area contributed by atoms with Gasteiger partial charge in [-0.2, -0.15) is 0 Å². The second kappa shape index (κ2) is 8.07. The van der Waals surface area contributed by atoms with Crippen LogP contribution in [-0.4, -0.2) is 28.8 Å². The fourth-order valence-electron chi connectivity index (χ4n) is 3.81. The largest absolute Gasteiger partial charge is 0.497 e. The summed E-state index contributed by atoms with van der Waals surface area (Å²) in [6.45, 7) is 0. The Kier molecular flexibility index (Phi) is 4.95. The Morgan fingerprint density at radius 3 is 2.53 bits per heavy atom. The van der Waals surface area contributed by atoms with Crippen LogP contribution in [0.1, 0.15) is 11.4 Å². The molecule has 0 amide bonds. The lowest BCUT2D eigenvalue weighted by Gasteiger charge is -2.12. The minimum atomic E-state index is -0.135. The molecule has 0 aliphatic carbocycles. The molecule has 158 valence electrons. The van der Waals surface area contributed by atoms with Crippen molar-refractivity contribution in [3.8, 4) is 17.2 Å². The minimum absolute atomic E-state index is 0.135. The van der Waals surface area contributed by atoms with Crippen molar-refractivity contribution in [1.82, 2.24) is 14.5 Å². The molecule has 0 aliphatic rings. The number of aromatic amines is 1. The van der Waals surface area contributed by atoms with Gasteiger partial charge in [0, 0.05) is 28.7 Å². The van der Waals surface area contributed by atoms with Crippen LogP contribution in [0.3, 0.4) is 0 Å². The second-order valence-electron chi connectivity index (χ2n) is 7.32. The van der Waals surface area contributed by atoms with E-state index in [9.17, 15) is 4.79 Å². The Labute approximate surface area is 184 Å². The quantitative estimate of drug-likeness (QED) is 0.429. The van der Waals surface area contributed by atoms with Gasteiger partial charge in [-0.25, -0.2) is 4.98 Å². The number of para-hydroxylation sites is 1. The first-order chi connectivity index (χ1) is 15.7. The Bertz CT molecular complexity index is 1530. The number of ether oxygens (including phenoxy) is 2. The Morgan fingerprint density at radius 1 is 0.875 bits per heavy atom. The fraction of sp³-hybridized carbons (Fsp3) is 0.0769. The summed E-state index contributed by atoms with van der Waals surface area (Å²) in [5.74, 6) is 1.98. The molecule has 5 rings (SSSR count). The molecule has 5 aromatic rings. The molecule has 0 spiro atoms. The summed E-state index contributed by atoms with van der Waals surface area (Å²) in [7, 11) is 3.25. The highest BCUT2D eigenvalue weighted by Gasteiger charge is 2.12. The number of rotatable bonds is 5. The molecule has 2 aromatic heterocycles. The number of methoxy groups -OCH3 is 2. The minimum Gasteiger partial charge on any atom is -0.497 e. The number of benzene rings is 3. The SMILES string of the molecule is COc1cccc(-n2c(C=Cc3c[nH]c4ccc(OC)cc34)nc3ccccc3c2=O)c1. The number of nitrogens with zero attached hydrogens (tertiary/aromatic N) is 2. The lowest BCUT2D eigenvalue weighted by atomic mass is 10.1. The van der Waals surface area contributed by atoms with Crippen LogP contribution in [0.15, 0.2) is 77.7 Å². The maximum Gasteiger partial charge on any atom is 0.266 e. The molecule has 0 unspecified atom stereocenters. The zero-order chi connectivity index (χ0) is 22.1. The van der Waals surface area contributed by atoms with Crippen molar-refractivity contribution in [2.24, 2.45) is 0 Å². The van der Waals surface area contributed by atoms with Crippen LogP contribution in [0.5, 0.6) is 11.5 Å².